The first-order valence-corrected chi connectivity index (χ1v) is 7.57. The summed E-state index contributed by atoms with van der Waals surface area (Å²) in [4.78, 5) is 12.0. The summed E-state index contributed by atoms with van der Waals surface area (Å²) in [6.07, 6.45) is 1.01. The van der Waals surface area contributed by atoms with Gasteiger partial charge in [-0.15, -0.1) is 0 Å². The first-order valence-electron chi connectivity index (χ1n) is 7.19. The van der Waals surface area contributed by atoms with Gasteiger partial charge in [0.05, 0.1) is 6.04 Å². The fraction of sp³-hybridized carbons (Fsp3) is 0.562. The normalized spacial score (nSPS) is 14.1. The molecule has 4 heteroatoms. The van der Waals surface area contributed by atoms with Crippen molar-refractivity contribution >= 4 is 17.5 Å². The number of hydrogen-bond donors (Lipinski definition) is 2. The Morgan fingerprint density at radius 2 is 1.75 bits per heavy atom. The molecule has 0 aromatic heterocycles. The Hall–Kier alpha value is -1.06. The smallest absolute Gasteiger partial charge is 0.236 e. The largest absolute Gasteiger partial charge is 0.355 e. The number of nitrogens with one attached hydrogen (secondary N) is 2. The van der Waals surface area contributed by atoms with E-state index in [2.05, 4.69) is 24.5 Å². The maximum atomic E-state index is 12.0. The van der Waals surface area contributed by atoms with Gasteiger partial charge in [0, 0.05) is 17.6 Å². The molecule has 3 nitrogen and oxygen atoms in total. The molecular weight excluding hydrogens is 272 g/mol. The standard InChI is InChI=1S/C16H25ClN2O/c1-11(2)9-10-18-16(20)13(4)19-12(3)14-5-7-15(17)8-6-14/h5-8,11-13,19H,9-10H2,1-4H3,(H,18,20)/t12-,13?/m1/s1. The van der Waals surface area contributed by atoms with Gasteiger partial charge < -0.3 is 5.32 Å². The molecule has 1 amide bonds. The molecule has 2 N–H and O–H groups in total. The van der Waals surface area contributed by atoms with Crippen molar-refractivity contribution in [2.24, 2.45) is 5.92 Å². The maximum absolute atomic E-state index is 12.0. The highest BCUT2D eigenvalue weighted by atomic mass is 35.5. The lowest BCUT2D eigenvalue weighted by Gasteiger charge is -2.20. The number of benzene rings is 1. The van der Waals surface area contributed by atoms with Crippen LogP contribution in [0.3, 0.4) is 0 Å². The van der Waals surface area contributed by atoms with Gasteiger partial charge in [-0.25, -0.2) is 0 Å². The zero-order chi connectivity index (χ0) is 15.1. The fourth-order valence-electron chi connectivity index (χ4n) is 1.94. The number of carbonyl (C=O) groups excluding carboxylic acids is 1. The summed E-state index contributed by atoms with van der Waals surface area (Å²) in [6, 6.07) is 7.57. The minimum Gasteiger partial charge on any atom is -0.355 e. The molecule has 1 aromatic carbocycles. The van der Waals surface area contributed by atoms with Gasteiger partial charge in [-0.05, 0) is 43.9 Å². The molecule has 0 saturated carbocycles. The predicted octanol–water partition coefficient (Wildman–Crippen LogP) is 3.54. The van der Waals surface area contributed by atoms with Gasteiger partial charge in [-0.1, -0.05) is 37.6 Å². The minimum absolute atomic E-state index is 0.0477. The van der Waals surface area contributed by atoms with Crippen LogP contribution in [-0.2, 0) is 4.79 Å². The van der Waals surface area contributed by atoms with Crippen LogP contribution in [0.4, 0.5) is 0 Å². The van der Waals surface area contributed by atoms with E-state index in [1.165, 1.54) is 0 Å². The first-order chi connectivity index (χ1) is 9.40. The van der Waals surface area contributed by atoms with Crippen molar-refractivity contribution in [3.05, 3.63) is 34.9 Å². The van der Waals surface area contributed by atoms with E-state index in [1.54, 1.807) is 0 Å². The number of halogens is 1. The summed E-state index contributed by atoms with van der Waals surface area (Å²) in [6.45, 7) is 8.96. The molecule has 0 fully saturated rings. The van der Waals surface area contributed by atoms with Gasteiger partial charge in [0.15, 0.2) is 0 Å². The Labute approximate surface area is 127 Å². The Kier molecular flexibility index (Phi) is 7.03. The second-order valence-corrected chi connectivity index (χ2v) is 6.07. The highest BCUT2D eigenvalue weighted by Gasteiger charge is 2.15. The van der Waals surface area contributed by atoms with Crippen molar-refractivity contribution < 1.29 is 4.79 Å². The van der Waals surface area contributed by atoms with E-state index in [9.17, 15) is 4.79 Å². The SMILES string of the molecule is CC(C)CCNC(=O)C(C)N[C@H](C)c1ccc(Cl)cc1. The van der Waals surface area contributed by atoms with Crippen molar-refractivity contribution in [1.82, 2.24) is 10.6 Å². The van der Waals surface area contributed by atoms with Crippen molar-refractivity contribution in [3.63, 3.8) is 0 Å². The highest BCUT2D eigenvalue weighted by molar-refractivity contribution is 6.30. The molecule has 112 valence electrons. The quantitative estimate of drug-likeness (QED) is 0.808. The van der Waals surface area contributed by atoms with Crippen molar-refractivity contribution in [2.45, 2.75) is 46.2 Å². The molecule has 0 aliphatic rings. The molecule has 0 spiro atoms. The van der Waals surface area contributed by atoms with E-state index >= 15 is 0 Å². The topological polar surface area (TPSA) is 41.1 Å². The van der Waals surface area contributed by atoms with Crippen molar-refractivity contribution in [3.8, 4) is 0 Å². The van der Waals surface area contributed by atoms with Crippen LogP contribution < -0.4 is 10.6 Å². The van der Waals surface area contributed by atoms with Crippen molar-refractivity contribution in [1.29, 1.82) is 0 Å². The van der Waals surface area contributed by atoms with Crippen LogP contribution in [-0.4, -0.2) is 18.5 Å². The molecular formula is C16H25ClN2O. The Morgan fingerprint density at radius 3 is 2.30 bits per heavy atom. The Balaban J connectivity index is 2.42. The molecule has 0 radical (unpaired) electrons. The molecule has 20 heavy (non-hydrogen) atoms. The van der Waals surface area contributed by atoms with Gasteiger partial charge in [-0.3, -0.25) is 10.1 Å². The molecule has 0 aliphatic carbocycles. The summed E-state index contributed by atoms with van der Waals surface area (Å²) in [5.41, 5.74) is 1.12. The molecule has 0 heterocycles. The molecule has 0 bridgehead atoms. The number of hydrogen-bond acceptors (Lipinski definition) is 2. The van der Waals surface area contributed by atoms with E-state index < -0.39 is 0 Å². The summed E-state index contributed by atoms with van der Waals surface area (Å²) >= 11 is 5.87. The lowest BCUT2D eigenvalue weighted by Crippen LogP contribution is -2.43. The second kappa shape index (κ2) is 8.28. The van der Waals surface area contributed by atoms with Crippen LogP contribution in [0.25, 0.3) is 0 Å². The lowest BCUT2D eigenvalue weighted by atomic mass is 10.1. The van der Waals surface area contributed by atoms with Gasteiger partial charge in [-0.2, -0.15) is 0 Å². The van der Waals surface area contributed by atoms with Gasteiger partial charge >= 0.3 is 0 Å². The lowest BCUT2D eigenvalue weighted by molar-refractivity contribution is -0.122. The Morgan fingerprint density at radius 1 is 1.15 bits per heavy atom. The molecule has 1 unspecified atom stereocenters. The third-order valence-electron chi connectivity index (χ3n) is 3.28. The van der Waals surface area contributed by atoms with Crippen LogP contribution >= 0.6 is 11.6 Å². The van der Waals surface area contributed by atoms with E-state index in [4.69, 9.17) is 11.6 Å². The monoisotopic (exact) mass is 296 g/mol. The van der Waals surface area contributed by atoms with Gasteiger partial charge in [0.1, 0.15) is 0 Å². The van der Waals surface area contributed by atoms with Crippen LogP contribution in [0.5, 0.6) is 0 Å². The number of rotatable bonds is 7. The highest BCUT2D eigenvalue weighted by Crippen LogP contribution is 2.16. The zero-order valence-corrected chi connectivity index (χ0v) is 13.5. The third kappa shape index (κ3) is 5.93. The summed E-state index contributed by atoms with van der Waals surface area (Å²) in [5.74, 6) is 0.651. The summed E-state index contributed by atoms with van der Waals surface area (Å²) in [7, 11) is 0. The average Bonchev–Trinajstić information content (AvgIpc) is 2.38. The van der Waals surface area contributed by atoms with Gasteiger partial charge in [0.2, 0.25) is 5.91 Å². The fourth-order valence-corrected chi connectivity index (χ4v) is 2.06. The molecule has 1 aromatic rings. The van der Waals surface area contributed by atoms with Crippen molar-refractivity contribution in [2.75, 3.05) is 6.54 Å². The Bertz CT molecular complexity index is 417. The van der Waals surface area contributed by atoms with Crippen LogP contribution in [0.2, 0.25) is 5.02 Å². The summed E-state index contributed by atoms with van der Waals surface area (Å²) < 4.78 is 0. The zero-order valence-electron chi connectivity index (χ0n) is 12.7. The second-order valence-electron chi connectivity index (χ2n) is 5.64. The first kappa shape index (κ1) is 17.0. The van der Waals surface area contributed by atoms with E-state index in [-0.39, 0.29) is 18.0 Å². The van der Waals surface area contributed by atoms with Crippen LogP contribution in [0, 0.1) is 5.92 Å². The summed E-state index contributed by atoms with van der Waals surface area (Å²) in [5, 5.41) is 6.98. The predicted molar refractivity (Wildman–Crippen MR) is 84.9 cm³/mol. The van der Waals surface area contributed by atoms with Gasteiger partial charge in [0.25, 0.3) is 0 Å². The molecule has 0 aliphatic heterocycles. The number of amides is 1. The average molecular weight is 297 g/mol. The number of carbonyl (C=O) groups is 1. The van der Waals surface area contributed by atoms with E-state index in [0.29, 0.717) is 5.92 Å². The maximum Gasteiger partial charge on any atom is 0.236 e. The molecule has 0 saturated heterocycles. The van der Waals surface area contributed by atoms with Crippen LogP contribution in [0.1, 0.15) is 45.7 Å². The van der Waals surface area contributed by atoms with E-state index in [1.807, 2.05) is 38.1 Å². The van der Waals surface area contributed by atoms with Crippen LogP contribution in [0.15, 0.2) is 24.3 Å². The third-order valence-corrected chi connectivity index (χ3v) is 3.54. The van der Waals surface area contributed by atoms with E-state index in [0.717, 1.165) is 23.6 Å². The molecule has 2 atom stereocenters. The molecule has 1 rings (SSSR count). The minimum atomic E-state index is -0.215.